The number of nitrogens with two attached hydrogens (primary N) is 1. The zero-order valence-electron chi connectivity index (χ0n) is 37.0. The van der Waals surface area contributed by atoms with Crippen molar-refractivity contribution in [3.63, 3.8) is 0 Å². The molecule has 0 aliphatic heterocycles. The first-order chi connectivity index (χ1) is 30.7. The van der Waals surface area contributed by atoms with Crippen molar-refractivity contribution in [3.8, 4) is 0 Å². The van der Waals surface area contributed by atoms with Gasteiger partial charge in [-0.1, -0.05) is 76.2 Å². The second-order valence-electron chi connectivity index (χ2n) is 16.6. The topological polar surface area (TPSA) is 340 Å². The molecule has 0 saturated carbocycles. The number of amides is 7. The van der Waals surface area contributed by atoms with E-state index in [4.69, 9.17) is 10.8 Å². The third-order valence-corrected chi connectivity index (χ3v) is 10.1. The van der Waals surface area contributed by atoms with E-state index < -0.39 is 115 Å². The van der Waals surface area contributed by atoms with Gasteiger partial charge < -0.3 is 63.3 Å². The van der Waals surface area contributed by atoms with Gasteiger partial charge in [0.25, 0.3) is 0 Å². The number of carbonyl (C=O) groups is 9. The molecule has 13 N–H and O–H groups in total. The standard InChI is InChI=1S/C44H61N9O12/c1-23(2)15-31(49-36(55)21-47-40(60)32(17-26-11-7-6-8-12-26)50-38(58)25(5)48-39(59)29(45)19-37(56)57)41(61)53-35(22-54)43(63)51-33(42(62)52-34(44(64)65)16-24(3)4)18-27-20-46-30-14-10-9-13-28(27)30/h6-14,20,23-25,29,31-35,46,54H,15-19,21-22,45H2,1-5H3,(H,47,60)(H,48,59)(H,49,55)(H,50,58)(H,51,63)(H,52,62)(H,53,61)(H,56,57)(H,64,65)/t25-,29-,31-,32-,33-,34-,35-/m0/s1. The van der Waals surface area contributed by atoms with Crippen molar-refractivity contribution < 1.29 is 58.5 Å². The zero-order valence-corrected chi connectivity index (χ0v) is 37.0. The van der Waals surface area contributed by atoms with Crippen molar-refractivity contribution in [2.45, 2.75) is 109 Å². The smallest absolute Gasteiger partial charge is 0.326 e. The van der Waals surface area contributed by atoms with Crippen molar-refractivity contribution in [2.75, 3.05) is 13.2 Å². The van der Waals surface area contributed by atoms with E-state index in [-0.39, 0.29) is 37.5 Å². The summed E-state index contributed by atoms with van der Waals surface area (Å²) in [6, 6.07) is 6.32. The molecule has 3 aromatic rings. The minimum atomic E-state index is -1.62. The Labute approximate surface area is 375 Å². The quantitative estimate of drug-likeness (QED) is 0.0459. The van der Waals surface area contributed by atoms with Gasteiger partial charge in [-0.3, -0.25) is 38.4 Å². The monoisotopic (exact) mass is 907 g/mol. The number of rotatable bonds is 26. The molecule has 7 amide bonds. The largest absolute Gasteiger partial charge is 0.481 e. The Balaban J connectivity index is 1.72. The molecular formula is C44H61N9O12. The number of hydrogen-bond donors (Lipinski definition) is 12. The van der Waals surface area contributed by atoms with E-state index in [1.54, 1.807) is 76.4 Å². The lowest BCUT2D eigenvalue weighted by atomic mass is 10.0. The second kappa shape index (κ2) is 25.4. The van der Waals surface area contributed by atoms with Gasteiger partial charge in [-0.15, -0.1) is 0 Å². The number of aromatic amines is 1. The summed E-state index contributed by atoms with van der Waals surface area (Å²) in [6.45, 7) is 6.83. The highest BCUT2D eigenvalue weighted by Gasteiger charge is 2.33. The summed E-state index contributed by atoms with van der Waals surface area (Å²) in [5, 5.41) is 47.0. The Morgan fingerprint density at radius 2 is 1.14 bits per heavy atom. The summed E-state index contributed by atoms with van der Waals surface area (Å²) in [5.74, 6) is -8.85. The lowest BCUT2D eigenvalue weighted by Gasteiger charge is -2.26. The highest BCUT2D eigenvalue weighted by molar-refractivity contribution is 5.97. The number of para-hydroxylation sites is 1. The number of fused-ring (bicyclic) bond motifs is 1. The number of hydrogen-bond acceptors (Lipinski definition) is 11. The molecule has 21 heteroatoms. The van der Waals surface area contributed by atoms with Gasteiger partial charge in [0, 0.05) is 29.9 Å². The van der Waals surface area contributed by atoms with E-state index in [9.17, 15) is 53.4 Å². The maximum Gasteiger partial charge on any atom is 0.326 e. The summed E-state index contributed by atoms with van der Waals surface area (Å²) in [7, 11) is 0. The zero-order chi connectivity index (χ0) is 48.4. The van der Waals surface area contributed by atoms with Crippen LogP contribution in [0.25, 0.3) is 10.9 Å². The Morgan fingerprint density at radius 3 is 1.75 bits per heavy atom. The molecule has 1 aromatic heterocycles. The fraction of sp³-hybridized carbons (Fsp3) is 0.477. The van der Waals surface area contributed by atoms with E-state index in [0.717, 1.165) is 10.9 Å². The number of H-pyrrole nitrogens is 1. The van der Waals surface area contributed by atoms with E-state index in [2.05, 4.69) is 42.2 Å². The summed E-state index contributed by atoms with van der Waals surface area (Å²) in [6.07, 6.45) is 1.01. The molecular weight excluding hydrogens is 847 g/mol. The van der Waals surface area contributed by atoms with Crippen LogP contribution in [0.1, 0.15) is 65.0 Å². The predicted octanol–water partition coefficient (Wildman–Crippen LogP) is -1.03. The van der Waals surface area contributed by atoms with Crippen LogP contribution in [0, 0.1) is 11.8 Å². The number of aliphatic hydroxyl groups is 1. The number of aliphatic hydroxyl groups excluding tert-OH is 1. The molecule has 0 saturated heterocycles. The van der Waals surface area contributed by atoms with Crippen molar-refractivity contribution >= 4 is 64.2 Å². The summed E-state index contributed by atoms with van der Waals surface area (Å²) in [4.78, 5) is 119. The lowest BCUT2D eigenvalue weighted by molar-refractivity contribution is -0.143. The molecule has 0 unspecified atom stereocenters. The third kappa shape index (κ3) is 17.3. The van der Waals surface area contributed by atoms with Gasteiger partial charge in [0.15, 0.2) is 0 Å². The highest BCUT2D eigenvalue weighted by atomic mass is 16.4. The highest BCUT2D eigenvalue weighted by Crippen LogP contribution is 2.20. The van der Waals surface area contributed by atoms with Crippen LogP contribution < -0.4 is 43.0 Å². The van der Waals surface area contributed by atoms with Gasteiger partial charge in [-0.2, -0.15) is 0 Å². The van der Waals surface area contributed by atoms with Crippen LogP contribution in [-0.2, 0) is 56.0 Å². The van der Waals surface area contributed by atoms with Crippen LogP contribution in [0.3, 0.4) is 0 Å². The van der Waals surface area contributed by atoms with E-state index in [0.29, 0.717) is 11.1 Å². The van der Waals surface area contributed by atoms with Crippen LogP contribution >= 0.6 is 0 Å². The normalized spacial score (nSPS) is 14.4. The number of aliphatic carboxylic acids is 2. The summed E-state index contributed by atoms with van der Waals surface area (Å²) >= 11 is 0. The molecule has 21 nitrogen and oxygen atoms in total. The minimum Gasteiger partial charge on any atom is -0.481 e. The molecule has 354 valence electrons. The number of aromatic nitrogens is 1. The summed E-state index contributed by atoms with van der Waals surface area (Å²) in [5.41, 5.74) is 7.61. The van der Waals surface area contributed by atoms with Gasteiger partial charge in [-0.05, 0) is 48.8 Å². The summed E-state index contributed by atoms with van der Waals surface area (Å²) < 4.78 is 0. The number of carbonyl (C=O) groups excluding carboxylic acids is 7. The Bertz CT molecular complexity index is 2140. The molecule has 0 aliphatic carbocycles. The van der Waals surface area contributed by atoms with E-state index in [1.807, 2.05) is 12.1 Å². The van der Waals surface area contributed by atoms with E-state index in [1.165, 1.54) is 6.92 Å². The molecule has 0 aliphatic rings. The average molecular weight is 908 g/mol. The molecule has 2 aromatic carbocycles. The van der Waals surface area contributed by atoms with Crippen LogP contribution in [0.2, 0.25) is 0 Å². The number of carboxylic acid groups (broad SMARTS) is 2. The minimum absolute atomic E-state index is 0.0371. The van der Waals surface area contributed by atoms with Crippen molar-refractivity contribution in [1.29, 1.82) is 0 Å². The molecule has 3 rings (SSSR count). The average Bonchev–Trinajstić information content (AvgIpc) is 3.65. The number of carboxylic acids is 2. The van der Waals surface area contributed by atoms with Crippen LogP contribution in [0.4, 0.5) is 0 Å². The SMILES string of the molecule is CC(C)C[C@H](NC(=O)[C@H](Cc1c[nH]c2ccccc12)NC(=O)[C@H](CO)NC(=O)[C@H](CC(C)C)NC(=O)CNC(=O)[C@H](Cc1ccccc1)NC(=O)[C@H](C)NC(=O)[C@@H](N)CC(=O)O)C(=O)O. The lowest BCUT2D eigenvalue weighted by Crippen LogP contribution is -2.59. The molecule has 0 radical (unpaired) electrons. The van der Waals surface area contributed by atoms with Gasteiger partial charge in [0.05, 0.1) is 25.6 Å². The van der Waals surface area contributed by atoms with Crippen LogP contribution in [-0.4, -0.2) is 129 Å². The Morgan fingerprint density at radius 1 is 0.600 bits per heavy atom. The maximum absolute atomic E-state index is 13.7. The van der Waals surface area contributed by atoms with Crippen molar-refractivity contribution in [3.05, 3.63) is 71.9 Å². The van der Waals surface area contributed by atoms with E-state index >= 15 is 0 Å². The van der Waals surface area contributed by atoms with Gasteiger partial charge in [0.2, 0.25) is 41.4 Å². The van der Waals surface area contributed by atoms with Crippen molar-refractivity contribution in [1.82, 2.24) is 42.2 Å². The fourth-order valence-electron chi connectivity index (χ4n) is 6.70. The van der Waals surface area contributed by atoms with Gasteiger partial charge >= 0.3 is 11.9 Å². The predicted molar refractivity (Wildman–Crippen MR) is 236 cm³/mol. The van der Waals surface area contributed by atoms with Crippen LogP contribution in [0.5, 0.6) is 0 Å². The molecule has 1 heterocycles. The first-order valence-corrected chi connectivity index (χ1v) is 21.2. The number of nitrogens with one attached hydrogen (secondary N) is 8. The number of benzene rings is 2. The van der Waals surface area contributed by atoms with Gasteiger partial charge in [0.1, 0.15) is 36.3 Å². The molecule has 65 heavy (non-hydrogen) atoms. The molecule has 0 bridgehead atoms. The maximum atomic E-state index is 13.7. The van der Waals surface area contributed by atoms with Gasteiger partial charge in [-0.25, -0.2) is 4.79 Å². The third-order valence-electron chi connectivity index (χ3n) is 10.1. The van der Waals surface area contributed by atoms with Crippen molar-refractivity contribution in [2.24, 2.45) is 17.6 Å². The fourth-order valence-corrected chi connectivity index (χ4v) is 6.70. The Hall–Kier alpha value is -6.87. The van der Waals surface area contributed by atoms with Crippen LogP contribution in [0.15, 0.2) is 60.8 Å². The molecule has 0 fully saturated rings. The Kier molecular flexibility index (Phi) is 20.5. The first kappa shape index (κ1) is 52.5. The first-order valence-electron chi connectivity index (χ1n) is 21.2. The molecule has 7 atom stereocenters. The second-order valence-corrected chi connectivity index (χ2v) is 16.6. The molecule has 0 spiro atoms.